The molecule has 0 unspecified atom stereocenters. The molecule has 1 fully saturated rings. The first kappa shape index (κ1) is 13.2. The van der Waals surface area contributed by atoms with Gasteiger partial charge in [0.25, 0.3) is 0 Å². The summed E-state index contributed by atoms with van der Waals surface area (Å²) < 4.78 is 2.11. The van der Waals surface area contributed by atoms with Crippen molar-refractivity contribution in [1.29, 1.82) is 0 Å². The summed E-state index contributed by atoms with van der Waals surface area (Å²) in [6.07, 6.45) is 7.46. The van der Waals surface area contributed by atoms with Crippen LogP contribution in [0.4, 0.5) is 0 Å². The zero-order valence-electron chi connectivity index (χ0n) is 12.1. The van der Waals surface area contributed by atoms with Gasteiger partial charge in [0.15, 0.2) is 0 Å². The molecule has 0 atom stereocenters. The standard InChI is InChI=1S/C17H22N2O/c1-18-13-14(15-8-4-5-9-16(15)18)12-17(20)19-10-6-2-3-7-11-19/h4-5,8-9,13H,2-3,6-7,10-12H2,1H3. The van der Waals surface area contributed by atoms with Crippen LogP contribution in [0.5, 0.6) is 0 Å². The summed E-state index contributed by atoms with van der Waals surface area (Å²) in [6, 6.07) is 8.31. The topological polar surface area (TPSA) is 25.2 Å². The van der Waals surface area contributed by atoms with Crippen molar-refractivity contribution in [2.75, 3.05) is 13.1 Å². The van der Waals surface area contributed by atoms with Crippen LogP contribution in [0.15, 0.2) is 30.5 Å². The van der Waals surface area contributed by atoms with Crippen molar-refractivity contribution in [3.05, 3.63) is 36.0 Å². The summed E-state index contributed by atoms with van der Waals surface area (Å²) in [4.78, 5) is 14.5. The number of fused-ring (bicyclic) bond motifs is 1. The van der Waals surface area contributed by atoms with E-state index in [1.807, 2.05) is 19.2 Å². The van der Waals surface area contributed by atoms with Crippen molar-refractivity contribution in [3.63, 3.8) is 0 Å². The maximum atomic E-state index is 12.5. The summed E-state index contributed by atoms with van der Waals surface area (Å²) in [5.74, 6) is 0.281. The minimum atomic E-state index is 0.281. The summed E-state index contributed by atoms with van der Waals surface area (Å²) in [6.45, 7) is 1.87. The van der Waals surface area contributed by atoms with Crippen LogP contribution in [-0.2, 0) is 18.3 Å². The van der Waals surface area contributed by atoms with Crippen molar-refractivity contribution >= 4 is 16.8 Å². The molecule has 1 aromatic carbocycles. The Bertz CT molecular complexity index is 606. The minimum absolute atomic E-state index is 0.281. The molecule has 0 saturated carbocycles. The molecule has 0 spiro atoms. The summed E-state index contributed by atoms with van der Waals surface area (Å²) in [5.41, 5.74) is 2.35. The normalized spacial score (nSPS) is 16.4. The Labute approximate surface area is 120 Å². The van der Waals surface area contributed by atoms with Gasteiger partial charge in [0.1, 0.15) is 0 Å². The molecule has 1 aliphatic rings. The molecule has 1 aromatic heterocycles. The highest BCUT2D eigenvalue weighted by Crippen LogP contribution is 2.21. The van der Waals surface area contributed by atoms with Gasteiger partial charge in [-0.3, -0.25) is 4.79 Å². The van der Waals surface area contributed by atoms with Gasteiger partial charge in [-0.2, -0.15) is 0 Å². The molecule has 1 saturated heterocycles. The predicted molar refractivity (Wildman–Crippen MR) is 81.7 cm³/mol. The number of para-hydroxylation sites is 1. The van der Waals surface area contributed by atoms with Gasteiger partial charge in [0, 0.05) is 37.2 Å². The number of benzene rings is 1. The number of carbonyl (C=O) groups is 1. The molecule has 2 aromatic rings. The Morgan fingerprint density at radius 1 is 1.10 bits per heavy atom. The van der Waals surface area contributed by atoms with Gasteiger partial charge in [-0.05, 0) is 24.5 Å². The molecule has 0 aliphatic carbocycles. The Morgan fingerprint density at radius 3 is 2.55 bits per heavy atom. The van der Waals surface area contributed by atoms with Crippen molar-refractivity contribution in [3.8, 4) is 0 Å². The minimum Gasteiger partial charge on any atom is -0.350 e. The van der Waals surface area contributed by atoms with E-state index in [9.17, 15) is 4.79 Å². The fourth-order valence-electron chi connectivity index (χ4n) is 3.16. The number of aromatic nitrogens is 1. The smallest absolute Gasteiger partial charge is 0.227 e. The molecule has 0 bridgehead atoms. The number of rotatable bonds is 2. The van der Waals surface area contributed by atoms with E-state index in [2.05, 4.69) is 27.8 Å². The van der Waals surface area contributed by atoms with E-state index in [1.54, 1.807) is 0 Å². The molecule has 0 radical (unpaired) electrons. The van der Waals surface area contributed by atoms with E-state index in [0.717, 1.165) is 31.5 Å². The van der Waals surface area contributed by atoms with Gasteiger partial charge < -0.3 is 9.47 Å². The van der Waals surface area contributed by atoms with Crippen LogP contribution in [-0.4, -0.2) is 28.5 Å². The van der Waals surface area contributed by atoms with Gasteiger partial charge in [-0.25, -0.2) is 0 Å². The quantitative estimate of drug-likeness (QED) is 0.823. The van der Waals surface area contributed by atoms with Crippen LogP contribution in [0.25, 0.3) is 10.9 Å². The van der Waals surface area contributed by atoms with Gasteiger partial charge in [0.2, 0.25) is 5.91 Å². The van der Waals surface area contributed by atoms with Crippen molar-refractivity contribution in [1.82, 2.24) is 9.47 Å². The second-order valence-corrected chi connectivity index (χ2v) is 5.75. The van der Waals surface area contributed by atoms with Crippen LogP contribution in [0, 0.1) is 0 Å². The second kappa shape index (κ2) is 5.70. The SMILES string of the molecule is Cn1cc(CC(=O)N2CCCCCC2)c2ccccc21. The largest absolute Gasteiger partial charge is 0.350 e. The molecule has 0 N–H and O–H groups in total. The lowest BCUT2D eigenvalue weighted by molar-refractivity contribution is -0.130. The zero-order chi connectivity index (χ0) is 13.9. The predicted octanol–water partition coefficient (Wildman–Crippen LogP) is 3.12. The van der Waals surface area contributed by atoms with E-state index in [4.69, 9.17) is 0 Å². The number of amides is 1. The Hall–Kier alpha value is -1.77. The highest BCUT2D eigenvalue weighted by atomic mass is 16.2. The van der Waals surface area contributed by atoms with Crippen LogP contribution in [0.1, 0.15) is 31.2 Å². The second-order valence-electron chi connectivity index (χ2n) is 5.75. The first-order valence-corrected chi connectivity index (χ1v) is 7.56. The Morgan fingerprint density at radius 2 is 1.80 bits per heavy atom. The monoisotopic (exact) mass is 270 g/mol. The van der Waals surface area contributed by atoms with E-state index in [0.29, 0.717) is 6.42 Å². The maximum absolute atomic E-state index is 12.5. The maximum Gasteiger partial charge on any atom is 0.227 e. The Balaban J connectivity index is 1.80. The van der Waals surface area contributed by atoms with Crippen LogP contribution < -0.4 is 0 Å². The first-order valence-electron chi connectivity index (χ1n) is 7.56. The highest BCUT2D eigenvalue weighted by Gasteiger charge is 2.17. The lowest BCUT2D eigenvalue weighted by Crippen LogP contribution is -2.33. The van der Waals surface area contributed by atoms with Gasteiger partial charge in [0.05, 0.1) is 6.42 Å². The summed E-state index contributed by atoms with van der Waals surface area (Å²) in [5, 5.41) is 1.21. The van der Waals surface area contributed by atoms with Crippen LogP contribution in [0.2, 0.25) is 0 Å². The van der Waals surface area contributed by atoms with E-state index >= 15 is 0 Å². The molecule has 3 nitrogen and oxygen atoms in total. The molecule has 2 heterocycles. The number of nitrogens with zero attached hydrogens (tertiary/aromatic N) is 2. The molecule has 1 amide bonds. The fourth-order valence-corrected chi connectivity index (χ4v) is 3.16. The molecule has 1 aliphatic heterocycles. The van der Waals surface area contributed by atoms with E-state index in [1.165, 1.54) is 23.7 Å². The number of hydrogen-bond donors (Lipinski definition) is 0. The molecule has 106 valence electrons. The number of aryl methyl sites for hydroxylation is 1. The van der Waals surface area contributed by atoms with Crippen molar-refractivity contribution in [2.45, 2.75) is 32.1 Å². The lowest BCUT2D eigenvalue weighted by atomic mass is 10.1. The van der Waals surface area contributed by atoms with Crippen molar-refractivity contribution in [2.24, 2.45) is 7.05 Å². The van der Waals surface area contributed by atoms with E-state index < -0.39 is 0 Å². The third kappa shape index (κ3) is 2.58. The summed E-state index contributed by atoms with van der Waals surface area (Å²) in [7, 11) is 2.04. The number of carbonyl (C=O) groups excluding carboxylic acids is 1. The van der Waals surface area contributed by atoms with Crippen molar-refractivity contribution < 1.29 is 4.79 Å². The average Bonchev–Trinajstić information content (AvgIpc) is 2.67. The summed E-state index contributed by atoms with van der Waals surface area (Å²) >= 11 is 0. The van der Waals surface area contributed by atoms with Gasteiger partial charge >= 0.3 is 0 Å². The number of hydrogen-bond acceptors (Lipinski definition) is 1. The molecule has 20 heavy (non-hydrogen) atoms. The third-order valence-corrected chi connectivity index (χ3v) is 4.28. The Kier molecular flexibility index (Phi) is 3.77. The molecular formula is C17H22N2O. The number of likely N-dealkylation sites (tertiary alicyclic amines) is 1. The first-order chi connectivity index (χ1) is 9.75. The zero-order valence-corrected chi connectivity index (χ0v) is 12.1. The van der Waals surface area contributed by atoms with Gasteiger partial charge in [-0.15, -0.1) is 0 Å². The average molecular weight is 270 g/mol. The fraction of sp³-hybridized carbons (Fsp3) is 0.471. The molecular weight excluding hydrogens is 248 g/mol. The van der Waals surface area contributed by atoms with Gasteiger partial charge in [-0.1, -0.05) is 31.0 Å². The van der Waals surface area contributed by atoms with Crippen LogP contribution >= 0.6 is 0 Å². The van der Waals surface area contributed by atoms with E-state index in [-0.39, 0.29) is 5.91 Å². The molecule has 3 rings (SSSR count). The molecule has 3 heteroatoms. The highest BCUT2D eigenvalue weighted by molar-refractivity contribution is 5.89. The third-order valence-electron chi connectivity index (χ3n) is 4.28. The van der Waals surface area contributed by atoms with Crippen LogP contribution in [0.3, 0.4) is 0 Å². The lowest BCUT2D eigenvalue weighted by Gasteiger charge is -2.20.